The van der Waals surface area contributed by atoms with Gasteiger partial charge in [-0.05, 0) is 13.8 Å². The second-order valence-electron chi connectivity index (χ2n) is 1.96. The average Bonchev–Trinajstić information content (AvgIpc) is 1.59. The molecular formula is C5H10N4. The standard InChI is InChI=1S/C5H10N4/c1-3-7-4(2)9-5(6)8-3/h5H,6H2,1-2H3,(H,7,8,9). The Morgan fingerprint density at radius 1 is 1.56 bits per heavy atom. The number of nitrogens with one attached hydrogen (secondary N) is 1. The third-order valence-corrected chi connectivity index (χ3v) is 1.01. The quantitative estimate of drug-likeness (QED) is 0.466. The van der Waals surface area contributed by atoms with E-state index in [2.05, 4.69) is 15.3 Å². The highest BCUT2D eigenvalue weighted by atomic mass is 15.3. The van der Waals surface area contributed by atoms with Crippen molar-refractivity contribution >= 4 is 11.7 Å². The SMILES string of the molecule is CC1=NC(N)NC(C)=N1. The summed E-state index contributed by atoms with van der Waals surface area (Å²) in [5.74, 6) is 1.56. The van der Waals surface area contributed by atoms with E-state index in [9.17, 15) is 0 Å². The summed E-state index contributed by atoms with van der Waals surface area (Å²) in [7, 11) is 0. The molecule has 1 aliphatic heterocycles. The van der Waals surface area contributed by atoms with Crippen LogP contribution in [-0.2, 0) is 0 Å². The minimum Gasteiger partial charge on any atom is -0.340 e. The van der Waals surface area contributed by atoms with Gasteiger partial charge in [0.05, 0.1) is 0 Å². The van der Waals surface area contributed by atoms with Crippen LogP contribution in [-0.4, -0.2) is 18.0 Å². The van der Waals surface area contributed by atoms with Gasteiger partial charge in [-0.2, -0.15) is 0 Å². The van der Waals surface area contributed by atoms with Crippen molar-refractivity contribution in [3.63, 3.8) is 0 Å². The Kier molecular flexibility index (Phi) is 1.48. The Labute approximate surface area is 53.9 Å². The fourth-order valence-electron chi connectivity index (χ4n) is 0.751. The van der Waals surface area contributed by atoms with E-state index in [4.69, 9.17) is 5.73 Å². The van der Waals surface area contributed by atoms with E-state index in [1.54, 1.807) is 0 Å². The average molecular weight is 126 g/mol. The lowest BCUT2D eigenvalue weighted by Crippen LogP contribution is -2.42. The van der Waals surface area contributed by atoms with Crippen LogP contribution in [0.1, 0.15) is 13.8 Å². The van der Waals surface area contributed by atoms with Gasteiger partial charge in [0.15, 0.2) is 6.29 Å². The molecule has 0 spiro atoms. The first-order valence-electron chi connectivity index (χ1n) is 2.80. The van der Waals surface area contributed by atoms with Crippen molar-refractivity contribution in [2.45, 2.75) is 20.1 Å². The van der Waals surface area contributed by atoms with Crippen LogP contribution in [0.5, 0.6) is 0 Å². The molecule has 1 heterocycles. The molecule has 0 aromatic rings. The molecule has 1 aliphatic rings. The fraction of sp³-hybridized carbons (Fsp3) is 0.600. The molecule has 0 amide bonds. The van der Waals surface area contributed by atoms with Gasteiger partial charge >= 0.3 is 0 Å². The third-order valence-electron chi connectivity index (χ3n) is 1.01. The number of hydrogen-bond acceptors (Lipinski definition) is 4. The van der Waals surface area contributed by atoms with E-state index in [0.717, 1.165) is 11.7 Å². The summed E-state index contributed by atoms with van der Waals surface area (Å²) < 4.78 is 0. The molecule has 0 fully saturated rings. The highest BCUT2D eigenvalue weighted by molar-refractivity contribution is 5.96. The molecule has 0 aromatic heterocycles. The first-order valence-corrected chi connectivity index (χ1v) is 2.80. The Bertz CT molecular complexity index is 170. The van der Waals surface area contributed by atoms with Crippen molar-refractivity contribution in [3.8, 4) is 0 Å². The van der Waals surface area contributed by atoms with Crippen molar-refractivity contribution in [1.82, 2.24) is 5.32 Å². The Morgan fingerprint density at radius 2 is 2.22 bits per heavy atom. The number of amidine groups is 2. The summed E-state index contributed by atoms with van der Waals surface area (Å²) in [6, 6.07) is 0. The van der Waals surface area contributed by atoms with E-state index in [-0.39, 0.29) is 6.29 Å². The van der Waals surface area contributed by atoms with Gasteiger partial charge in [-0.1, -0.05) is 0 Å². The van der Waals surface area contributed by atoms with E-state index >= 15 is 0 Å². The highest BCUT2D eigenvalue weighted by Crippen LogP contribution is 1.90. The van der Waals surface area contributed by atoms with Gasteiger partial charge in [0.25, 0.3) is 0 Å². The molecule has 0 saturated heterocycles. The van der Waals surface area contributed by atoms with E-state index in [0.29, 0.717) is 0 Å². The molecule has 9 heavy (non-hydrogen) atoms. The normalized spacial score (nSPS) is 26.3. The first-order chi connectivity index (χ1) is 4.18. The van der Waals surface area contributed by atoms with E-state index < -0.39 is 0 Å². The van der Waals surface area contributed by atoms with Crippen LogP contribution in [0.15, 0.2) is 9.98 Å². The maximum absolute atomic E-state index is 5.44. The third kappa shape index (κ3) is 1.50. The molecule has 0 saturated carbocycles. The lowest BCUT2D eigenvalue weighted by atomic mass is 10.5. The maximum Gasteiger partial charge on any atom is 0.174 e. The van der Waals surface area contributed by atoms with Crippen molar-refractivity contribution in [2.75, 3.05) is 0 Å². The topological polar surface area (TPSA) is 62.8 Å². The molecule has 4 nitrogen and oxygen atoms in total. The van der Waals surface area contributed by atoms with Gasteiger partial charge in [-0.3, -0.25) is 5.73 Å². The molecule has 4 heteroatoms. The predicted octanol–water partition coefficient (Wildman–Crippen LogP) is -0.331. The fourth-order valence-corrected chi connectivity index (χ4v) is 0.751. The lowest BCUT2D eigenvalue weighted by molar-refractivity contribution is 0.655. The van der Waals surface area contributed by atoms with Crippen LogP contribution >= 0.6 is 0 Å². The number of nitrogens with zero attached hydrogens (tertiary/aromatic N) is 2. The molecule has 1 atom stereocenters. The van der Waals surface area contributed by atoms with Crippen LogP contribution in [0.2, 0.25) is 0 Å². The monoisotopic (exact) mass is 126 g/mol. The van der Waals surface area contributed by atoms with Crippen LogP contribution in [0.25, 0.3) is 0 Å². The van der Waals surface area contributed by atoms with Gasteiger partial charge in [-0.25, -0.2) is 9.98 Å². The van der Waals surface area contributed by atoms with Crippen LogP contribution in [0.4, 0.5) is 0 Å². The van der Waals surface area contributed by atoms with Crippen LogP contribution in [0, 0.1) is 0 Å². The van der Waals surface area contributed by atoms with Gasteiger partial charge in [-0.15, -0.1) is 0 Å². The van der Waals surface area contributed by atoms with Gasteiger partial charge in [0, 0.05) is 0 Å². The predicted molar refractivity (Wildman–Crippen MR) is 37.3 cm³/mol. The molecule has 1 rings (SSSR count). The second-order valence-corrected chi connectivity index (χ2v) is 1.96. The van der Waals surface area contributed by atoms with Crippen molar-refractivity contribution in [2.24, 2.45) is 15.7 Å². The zero-order chi connectivity index (χ0) is 6.85. The zero-order valence-corrected chi connectivity index (χ0v) is 5.55. The summed E-state index contributed by atoms with van der Waals surface area (Å²) in [5.41, 5.74) is 5.44. The molecule has 3 N–H and O–H groups in total. The summed E-state index contributed by atoms with van der Waals surface area (Å²) >= 11 is 0. The molecule has 50 valence electrons. The van der Waals surface area contributed by atoms with Crippen LogP contribution < -0.4 is 11.1 Å². The minimum atomic E-state index is -0.303. The Balaban J connectivity index is 2.74. The summed E-state index contributed by atoms with van der Waals surface area (Å²) in [6.45, 7) is 3.68. The lowest BCUT2D eigenvalue weighted by Gasteiger charge is -2.14. The number of nitrogens with two attached hydrogens (primary N) is 1. The summed E-state index contributed by atoms with van der Waals surface area (Å²) in [6.07, 6.45) is -0.303. The zero-order valence-electron chi connectivity index (χ0n) is 5.55. The van der Waals surface area contributed by atoms with Gasteiger partial charge in [0.2, 0.25) is 0 Å². The minimum absolute atomic E-state index is 0.303. The highest BCUT2D eigenvalue weighted by Gasteiger charge is 2.04. The number of aliphatic imine (C=N–C) groups is 2. The molecule has 0 radical (unpaired) electrons. The largest absolute Gasteiger partial charge is 0.340 e. The number of rotatable bonds is 0. The molecular weight excluding hydrogens is 116 g/mol. The van der Waals surface area contributed by atoms with E-state index in [1.165, 1.54) is 0 Å². The Morgan fingerprint density at radius 3 is 2.67 bits per heavy atom. The molecule has 1 unspecified atom stereocenters. The smallest absolute Gasteiger partial charge is 0.174 e. The molecule has 0 bridgehead atoms. The van der Waals surface area contributed by atoms with Crippen molar-refractivity contribution in [3.05, 3.63) is 0 Å². The van der Waals surface area contributed by atoms with Crippen molar-refractivity contribution < 1.29 is 0 Å². The summed E-state index contributed by atoms with van der Waals surface area (Å²) in [4.78, 5) is 7.94. The maximum atomic E-state index is 5.44. The summed E-state index contributed by atoms with van der Waals surface area (Å²) in [5, 5.41) is 2.85. The first kappa shape index (κ1) is 6.22. The molecule has 0 aliphatic carbocycles. The number of hydrogen-bond donors (Lipinski definition) is 2. The molecule has 0 aromatic carbocycles. The van der Waals surface area contributed by atoms with Crippen molar-refractivity contribution in [1.29, 1.82) is 0 Å². The van der Waals surface area contributed by atoms with Gasteiger partial charge in [0.1, 0.15) is 11.7 Å². The van der Waals surface area contributed by atoms with Gasteiger partial charge < -0.3 is 5.32 Å². The van der Waals surface area contributed by atoms with Crippen LogP contribution in [0.3, 0.4) is 0 Å². The second kappa shape index (κ2) is 2.14. The van der Waals surface area contributed by atoms with E-state index in [1.807, 2.05) is 13.8 Å². The Hall–Kier alpha value is -0.900.